The maximum Gasteiger partial charge on any atom is 0.0332 e. The van der Waals surface area contributed by atoms with E-state index in [2.05, 4.69) is 416 Å². The average molecular weight is 1830 g/mol. The van der Waals surface area contributed by atoms with Crippen molar-refractivity contribution in [2.45, 2.75) is 19.8 Å². The van der Waals surface area contributed by atoms with E-state index in [0.29, 0.717) is 5.92 Å². The second-order valence-electron chi connectivity index (χ2n) is 26.0. The fourth-order valence-corrected chi connectivity index (χ4v) is 14.2. The Bertz CT molecular complexity index is 5120. The van der Waals surface area contributed by atoms with Crippen LogP contribution in [0.25, 0.3) is 43.1 Å². The van der Waals surface area contributed by atoms with Crippen molar-refractivity contribution in [3.63, 3.8) is 0 Å². The van der Waals surface area contributed by atoms with Gasteiger partial charge in [0.05, 0.1) is 0 Å². The van der Waals surface area contributed by atoms with Gasteiger partial charge >= 0.3 is 0 Å². The number of benzene rings is 13. The monoisotopic (exact) mass is 1840 g/mol. The molecule has 6 aliphatic heterocycles. The van der Waals surface area contributed by atoms with E-state index in [9.17, 15) is 0 Å². The number of rotatable bonds is 7. The van der Waals surface area contributed by atoms with Crippen LogP contribution < -0.4 is 58.8 Å². The van der Waals surface area contributed by atoms with E-state index in [1.54, 1.807) is 0 Å². The summed E-state index contributed by atoms with van der Waals surface area (Å²) in [6.45, 7) is 17.3. The molecular formula is C85H71N12Os3-9. The van der Waals surface area contributed by atoms with Crippen LogP contribution in [0.2, 0.25) is 0 Å². The zero-order chi connectivity index (χ0) is 65.7. The normalized spacial score (nSPS) is 14.6. The minimum atomic E-state index is 0. The van der Waals surface area contributed by atoms with E-state index < -0.39 is 0 Å². The molecule has 0 saturated carbocycles. The van der Waals surface area contributed by atoms with Crippen molar-refractivity contribution in [2.24, 2.45) is 0 Å². The molecule has 100 heavy (non-hydrogen) atoms. The maximum absolute atomic E-state index is 3.73. The van der Waals surface area contributed by atoms with Crippen LogP contribution >= 0.6 is 0 Å². The molecule has 504 valence electrons. The van der Waals surface area contributed by atoms with E-state index in [0.717, 1.165) is 34.1 Å². The van der Waals surface area contributed by atoms with Crippen molar-refractivity contribution in [2.75, 3.05) is 101 Å². The molecule has 0 bridgehead atoms. The largest absolute Gasteiger partial charge is 0.504 e. The molecule has 0 amide bonds. The molecule has 0 aromatic heterocycles. The molecule has 0 unspecified atom stereocenters. The van der Waals surface area contributed by atoms with Crippen LogP contribution in [-0.2, 0) is 59.4 Å². The van der Waals surface area contributed by atoms with Crippen LogP contribution in [0.3, 0.4) is 0 Å². The number of nitrogens with zero attached hydrogens (tertiary/aromatic N) is 12. The minimum Gasteiger partial charge on any atom is -0.504 e. The Balaban J connectivity index is 0.000000126. The van der Waals surface area contributed by atoms with Gasteiger partial charge in [0.15, 0.2) is 0 Å². The van der Waals surface area contributed by atoms with Crippen molar-refractivity contribution in [1.29, 1.82) is 0 Å². The fraction of sp³-hybridized carbons (Fsp3) is 0.106. The molecule has 13 aromatic rings. The summed E-state index contributed by atoms with van der Waals surface area (Å²) in [6, 6.07) is 97.4. The third-order valence-electron chi connectivity index (χ3n) is 19.3. The van der Waals surface area contributed by atoms with Crippen molar-refractivity contribution >= 4 is 145 Å². The van der Waals surface area contributed by atoms with Crippen molar-refractivity contribution in [3.05, 3.63) is 306 Å². The second-order valence-corrected chi connectivity index (χ2v) is 26.0. The zero-order valence-electron chi connectivity index (χ0n) is 56.6. The second kappa shape index (κ2) is 27.5. The molecule has 0 fully saturated rings. The SMILES string of the molecule is CC(C)c1cc(N2[CH-]N(C)c3ccccc32)[c-]c(N2[CH-]N(C)c3cc4ccccc4cc32)c1.CN1[CH-]N(c2[c-]c(N3[CH-]N(C)c4cc5ccccc5cc43)ccc2)c2cc3ccccc3cc21.CN1[CH-]N(c2[c-]c(N3[CH-]N(C)c4cc5ccccc5cc43)ccc2)c2ccccc21.[Os].[Os].[Os]. The van der Waals surface area contributed by atoms with Crippen molar-refractivity contribution < 1.29 is 59.4 Å². The predicted octanol–water partition coefficient (Wildman–Crippen LogP) is 20.4. The van der Waals surface area contributed by atoms with Gasteiger partial charge in [-0.2, -0.15) is 57.7 Å². The number of fused-ring (bicyclic) bond motifs is 10. The van der Waals surface area contributed by atoms with E-state index >= 15 is 0 Å². The molecule has 13 aromatic carbocycles. The summed E-state index contributed by atoms with van der Waals surface area (Å²) in [5, 5.41) is 9.97. The average Bonchev–Trinajstić information content (AvgIpc) is 1.60. The number of para-hydroxylation sites is 4. The molecular weight excluding hydrogens is 1760 g/mol. The Morgan fingerprint density at radius 3 is 0.690 bits per heavy atom. The first-order chi connectivity index (χ1) is 47.3. The first-order valence-electron chi connectivity index (χ1n) is 33.0. The molecule has 19 rings (SSSR count). The third-order valence-corrected chi connectivity index (χ3v) is 19.3. The minimum absolute atomic E-state index is 0. The van der Waals surface area contributed by atoms with E-state index in [4.69, 9.17) is 0 Å². The molecule has 0 spiro atoms. The van der Waals surface area contributed by atoms with Crippen LogP contribution in [0, 0.1) is 58.2 Å². The van der Waals surface area contributed by atoms with Gasteiger partial charge in [0.1, 0.15) is 0 Å². The summed E-state index contributed by atoms with van der Waals surface area (Å²) in [7, 11) is 12.6. The predicted molar refractivity (Wildman–Crippen MR) is 408 cm³/mol. The van der Waals surface area contributed by atoms with Gasteiger partial charge < -0.3 is 58.8 Å². The molecule has 0 radical (unpaired) electrons. The molecule has 6 aliphatic rings. The van der Waals surface area contributed by atoms with Gasteiger partial charge in [-0.15, -0.1) is 88.7 Å². The summed E-state index contributed by atoms with van der Waals surface area (Å²) in [6.07, 6.45) is 0. The smallest absolute Gasteiger partial charge is 0.0332 e. The van der Waals surface area contributed by atoms with E-state index in [1.807, 2.05) is 0 Å². The first-order valence-corrected chi connectivity index (χ1v) is 33.0. The number of hydrogen-bond donors (Lipinski definition) is 0. The molecule has 0 N–H and O–H groups in total. The van der Waals surface area contributed by atoms with Crippen LogP contribution in [0.5, 0.6) is 0 Å². The summed E-state index contributed by atoms with van der Waals surface area (Å²) < 4.78 is 0. The summed E-state index contributed by atoms with van der Waals surface area (Å²) in [4.78, 5) is 26.4. The quantitative estimate of drug-likeness (QED) is 0.143. The maximum atomic E-state index is 3.73. The number of anilines is 18. The van der Waals surface area contributed by atoms with Gasteiger partial charge in [0.25, 0.3) is 0 Å². The van der Waals surface area contributed by atoms with Gasteiger partial charge in [0.2, 0.25) is 0 Å². The van der Waals surface area contributed by atoms with Crippen LogP contribution in [-0.4, -0.2) is 42.3 Å². The standard InChI is InChI=1S/C30H23N4.C29H27N4.C26H21N4.3Os/c1-31-19-33(29-16-23-10-5-3-8-21(23)14-27(29)31)25-12-7-13-26(18-25)34-20-32(2)28-15-22-9-4-6-11-24(22)17-30(28)34;1-20(2)23-13-24(32-18-30(3)26-11-7-8-12-27(26)32)17-25(14-23)33-19-31(4)28-15-21-9-5-6-10-22(21)16-29(28)33;1-27-17-29(24-13-6-5-12-23(24)27)21-10-7-11-22(16-21)30-18-28(2)25-14-19-8-3-4-9-20(19)15-26(25)30;;;/h3-17,19-20H,1-2H3;5-16,18-20H,1-4H3;3-15,17-18H,1-2H3;;;/q3*-3;;;. The summed E-state index contributed by atoms with van der Waals surface area (Å²) in [5.41, 5.74) is 21.7. The van der Waals surface area contributed by atoms with Gasteiger partial charge in [0, 0.05) is 128 Å². The van der Waals surface area contributed by atoms with E-state index in [1.165, 1.54) is 117 Å². The summed E-state index contributed by atoms with van der Waals surface area (Å²) in [5.74, 6) is 0.407. The topological polar surface area (TPSA) is 38.9 Å². The Kier molecular flexibility index (Phi) is 18.6. The van der Waals surface area contributed by atoms with Crippen LogP contribution in [0.4, 0.5) is 102 Å². The van der Waals surface area contributed by atoms with Crippen molar-refractivity contribution in [3.8, 4) is 0 Å². The molecule has 12 nitrogen and oxygen atoms in total. The van der Waals surface area contributed by atoms with Gasteiger partial charge in [-0.3, -0.25) is 0 Å². The molecule has 15 heteroatoms. The fourth-order valence-electron chi connectivity index (χ4n) is 14.2. The van der Waals surface area contributed by atoms with Crippen LogP contribution in [0.15, 0.2) is 243 Å². The summed E-state index contributed by atoms with van der Waals surface area (Å²) >= 11 is 0. The first kappa shape index (κ1) is 67.6. The zero-order valence-corrected chi connectivity index (χ0v) is 64.2. The number of hydrogen-bond acceptors (Lipinski definition) is 12. The van der Waals surface area contributed by atoms with Crippen molar-refractivity contribution in [1.82, 2.24) is 0 Å². The molecule has 0 aliphatic carbocycles. The van der Waals surface area contributed by atoms with Gasteiger partial charge in [-0.25, -0.2) is 0 Å². The Morgan fingerprint density at radius 2 is 0.420 bits per heavy atom. The van der Waals surface area contributed by atoms with Crippen LogP contribution in [0.1, 0.15) is 25.3 Å². The Labute approximate surface area is 627 Å². The van der Waals surface area contributed by atoms with E-state index in [-0.39, 0.29) is 59.4 Å². The molecule has 6 heterocycles. The van der Waals surface area contributed by atoms with Gasteiger partial charge in [-0.05, 0) is 164 Å². The van der Waals surface area contributed by atoms with Gasteiger partial charge in [-0.1, -0.05) is 135 Å². The molecule has 0 saturated heterocycles. The third kappa shape index (κ3) is 12.1. The Morgan fingerprint density at radius 1 is 0.220 bits per heavy atom. The Hall–Kier alpha value is -9.59. The molecule has 0 atom stereocenters.